The highest BCUT2D eigenvalue weighted by Crippen LogP contribution is 2.25. The van der Waals surface area contributed by atoms with Gasteiger partial charge in [0.05, 0.1) is 18.9 Å². The van der Waals surface area contributed by atoms with E-state index in [-0.39, 0.29) is 12.1 Å². The van der Waals surface area contributed by atoms with Crippen LogP contribution < -0.4 is 10.1 Å². The number of hydrogen-bond acceptors (Lipinski definition) is 3. The summed E-state index contributed by atoms with van der Waals surface area (Å²) in [4.78, 5) is 0. The lowest BCUT2D eigenvalue weighted by Crippen LogP contribution is -2.19. The van der Waals surface area contributed by atoms with Crippen molar-refractivity contribution in [2.45, 2.75) is 39.5 Å². The molecule has 0 bridgehead atoms. The number of nitrogens with one attached hydrogen (secondary N) is 1. The second-order valence-electron chi connectivity index (χ2n) is 4.89. The molecule has 0 saturated heterocycles. The fraction of sp³-hybridized carbons (Fsp3) is 0.375. The molecule has 1 unspecified atom stereocenters. The predicted octanol–water partition coefficient (Wildman–Crippen LogP) is 3.92. The maximum Gasteiger partial charge on any atom is 0.124 e. The van der Waals surface area contributed by atoms with Gasteiger partial charge in [0, 0.05) is 11.6 Å². The highest BCUT2D eigenvalue weighted by atomic mass is 16.5. The zero-order valence-corrected chi connectivity index (χ0v) is 11.7. The van der Waals surface area contributed by atoms with Crippen LogP contribution in [0.4, 0.5) is 0 Å². The summed E-state index contributed by atoms with van der Waals surface area (Å²) in [5.74, 6) is 1.88. The van der Waals surface area contributed by atoms with Gasteiger partial charge in [-0.2, -0.15) is 0 Å². The van der Waals surface area contributed by atoms with Gasteiger partial charge in [-0.3, -0.25) is 0 Å². The normalized spacial score (nSPS) is 12.6. The number of ether oxygens (including phenoxy) is 1. The topological polar surface area (TPSA) is 34.4 Å². The highest BCUT2D eigenvalue weighted by molar-refractivity contribution is 5.35. The zero-order chi connectivity index (χ0) is 13.7. The van der Waals surface area contributed by atoms with Gasteiger partial charge in [0.1, 0.15) is 11.5 Å². The Balaban J connectivity index is 2.03. The maximum absolute atomic E-state index is 5.84. The average Bonchev–Trinajstić information content (AvgIpc) is 2.89. The maximum atomic E-state index is 5.84. The first-order valence-corrected chi connectivity index (χ1v) is 6.68. The molecule has 0 saturated carbocycles. The Morgan fingerprint density at radius 3 is 2.58 bits per heavy atom. The van der Waals surface area contributed by atoms with Crippen LogP contribution in [0, 0.1) is 0 Å². The Hall–Kier alpha value is -1.74. The molecular formula is C16H21NO2. The summed E-state index contributed by atoms with van der Waals surface area (Å²) in [6, 6.07) is 12.2. The molecule has 1 atom stereocenters. The quantitative estimate of drug-likeness (QED) is 0.854. The highest BCUT2D eigenvalue weighted by Gasteiger charge is 2.12. The molecule has 19 heavy (non-hydrogen) atoms. The van der Waals surface area contributed by atoms with Crippen molar-refractivity contribution in [1.29, 1.82) is 0 Å². The van der Waals surface area contributed by atoms with E-state index in [9.17, 15) is 0 Å². The van der Waals surface area contributed by atoms with Gasteiger partial charge in [-0.15, -0.1) is 0 Å². The molecule has 0 amide bonds. The Morgan fingerprint density at radius 2 is 1.89 bits per heavy atom. The van der Waals surface area contributed by atoms with E-state index in [1.807, 2.05) is 44.2 Å². The molecule has 3 nitrogen and oxygen atoms in total. The molecule has 1 aromatic carbocycles. The summed E-state index contributed by atoms with van der Waals surface area (Å²) in [6.07, 6.45) is 1.87. The Kier molecular flexibility index (Phi) is 4.63. The van der Waals surface area contributed by atoms with Crippen LogP contribution in [0.1, 0.15) is 38.1 Å². The van der Waals surface area contributed by atoms with Crippen LogP contribution in [-0.4, -0.2) is 6.10 Å². The summed E-state index contributed by atoms with van der Waals surface area (Å²) in [6.45, 7) is 6.92. The van der Waals surface area contributed by atoms with E-state index in [1.165, 1.54) is 5.56 Å². The lowest BCUT2D eigenvalue weighted by atomic mass is 10.1. The summed E-state index contributed by atoms with van der Waals surface area (Å²) in [7, 11) is 0. The van der Waals surface area contributed by atoms with Crippen molar-refractivity contribution >= 4 is 0 Å². The number of para-hydroxylation sites is 1. The summed E-state index contributed by atoms with van der Waals surface area (Å²) in [5.41, 5.74) is 1.17. The summed E-state index contributed by atoms with van der Waals surface area (Å²) >= 11 is 0. The third-order valence-corrected chi connectivity index (χ3v) is 2.91. The van der Waals surface area contributed by atoms with Crippen molar-refractivity contribution in [3.8, 4) is 5.75 Å². The van der Waals surface area contributed by atoms with Crippen molar-refractivity contribution in [2.75, 3.05) is 0 Å². The smallest absolute Gasteiger partial charge is 0.124 e. The molecule has 3 heteroatoms. The van der Waals surface area contributed by atoms with Gasteiger partial charge in [-0.25, -0.2) is 0 Å². The monoisotopic (exact) mass is 259 g/mol. The van der Waals surface area contributed by atoms with Crippen molar-refractivity contribution in [3.63, 3.8) is 0 Å². The summed E-state index contributed by atoms with van der Waals surface area (Å²) < 4.78 is 11.2. The molecule has 1 N–H and O–H groups in total. The van der Waals surface area contributed by atoms with E-state index in [1.54, 1.807) is 6.26 Å². The Morgan fingerprint density at radius 1 is 1.11 bits per heavy atom. The molecule has 1 aromatic heterocycles. The predicted molar refractivity (Wildman–Crippen MR) is 76.2 cm³/mol. The van der Waals surface area contributed by atoms with Crippen LogP contribution in [0.2, 0.25) is 0 Å². The molecule has 0 aliphatic heterocycles. The van der Waals surface area contributed by atoms with Crippen LogP contribution in [0.3, 0.4) is 0 Å². The SMILES string of the molecule is CC(C)Oc1ccccc1C(C)NCc1ccco1. The minimum Gasteiger partial charge on any atom is -0.491 e. The lowest BCUT2D eigenvalue weighted by molar-refractivity contribution is 0.238. The largest absolute Gasteiger partial charge is 0.491 e. The van der Waals surface area contributed by atoms with Crippen LogP contribution in [0.5, 0.6) is 5.75 Å². The lowest BCUT2D eigenvalue weighted by Gasteiger charge is -2.19. The van der Waals surface area contributed by atoms with Crippen LogP contribution in [-0.2, 0) is 6.54 Å². The molecule has 0 spiro atoms. The second-order valence-corrected chi connectivity index (χ2v) is 4.89. The zero-order valence-electron chi connectivity index (χ0n) is 11.7. The van der Waals surface area contributed by atoms with Crippen molar-refractivity contribution in [2.24, 2.45) is 0 Å². The van der Waals surface area contributed by atoms with E-state index < -0.39 is 0 Å². The van der Waals surface area contributed by atoms with E-state index >= 15 is 0 Å². The number of furan rings is 1. The Labute approximate surface area is 114 Å². The van der Waals surface area contributed by atoms with Gasteiger partial charge in [0.2, 0.25) is 0 Å². The van der Waals surface area contributed by atoms with Gasteiger partial charge in [0.15, 0.2) is 0 Å². The minimum atomic E-state index is 0.179. The van der Waals surface area contributed by atoms with Crippen molar-refractivity contribution < 1.29 is 9.15 Å². The fourth-order valence-electron chi connectivity index (χ4n) is 1.98. The van der Waals surface area contributed by atoms with E-state index in [0.717, 1.165) is 11.5 Å². The third kappa shape index (κ3) is 3.86. The molecule has 0 fully saturated rings. The first kappa shape index (κ1) is 13.7. The molecule has 1 heterocycles. The standard InChI is InChI=1S/C16H21NO2/c1-12(2)19-16-9-5-4-8-15(16)13(3)17-11-14-7-6-10-18-14/h4-10,12-13,17H,11H2,1-3H3. The number of rotatable bonds is 6. The van der Waals surface area contributed by atoms with Gasteiger partial charge < -0.3 is 14.5 Å². The minimum absolute atomic E-state index is 0.179. The van der Waals surface area contributed by atoms with E-state index in [4.69, 9.17) is 9.15 Å². The molecule has 0 aliphatic rings. The fourth-order valence-corrected chi connectivity index (χ4v) is 1.98. The second kappa shape index (κ2) is 6.43. The molecule has 2 rings (SSSR count). The van der Waals surface area contributed by atoms with Crippen molar-refractivity contribution in [3.05, 3.63) is 54.0 Å². The molecule has 0 radical (unpaired) electrons. The van der Waals surface area contributed by atoms with E-state index in [2.05, 4.69) is 18.3 Å². The molecule has 2 aromatic rings. The molecule has 0 aliphatic carbocycles. The van der Waals surface area contributed by atoms with Crippen molar-refractivity contribution in [1.82, 2.24) is 5.32 Å². The van der Waals surface area contributed by atoms with Gasteiger partial charge in [0.25, 0.3) is 0 Å². The Bertz CT molecular complexity index is 491. The molecular weight excluding hydrogens is 238 g/mol. The first-order chi connectivity index (χ1) is 9.16. The average molecular weight is 259 g/mol. The molecule has 102 valence electrons. The van der Waals surface area contributed by atoms with Gasteiger partial charge in [-0.1, -0.05) is 18.2 Å². The number of benzene rings is 1. The first-order valence-electron chi connectivity index (χ1n) is 6.68. The third-order valence-electron chi connectivity index (χ3n) is 2.91. The summed E-state index contributed by atoms with van der Waals surface area (Å²) in [5, 5.41) is 3.44. The van der Waals surface area contributed by atoms with Crippen LogP contribution >= 0.6 is 0 Å². The van der Waals surface area contributed by atoms with Crippen LogP contribution in [0.25, 0.3) is 0 Å². The number of hydrogen-bond donors (Lipinski definition) is 1. The van der Waals surface area contributed by atoms with Gasteiger partial charge >= 0.3 is 0 Å². The van der Waals surface area contributed by atoms with E-state index in [0.29, 0.717) is 6.54 Å². The van der Waals surface area contributed by atoms with Gasteiger partial charge in [-0.05, 0) is 39.0 Å². The van der Waals surface area contributed by atoms with Crippen LogP contribution in [0.15, 0.2) is 47.1 Å².